The highest BCUT2D eigenvalue weighted by atomic mass is 35.5. The molecule has 2 N–H and O–H groups in total. The van der Waals surface area contributed by atoms with Crippen LogP contribution in [0.1, 0.15) is 24.4 Å². The summed E-state index contributed by atoms with van der Waals surface area (Å²) < 4.78 is 131. The van der Waals surface area contributed by atoms with Crippen molar-refractivity contribution in [2.45, 2.75) is 31.5 Å². The van der Waals surface area contributed by atoms with Gasteiger partial charge in [0, 0.05) is 32.5 Å². The molecule has 0 aliphatic heterocycles. The van der Waals surface area contributed by atoms with Crippen LogP contribution in [-0.2, 0) is 33.0 Å². The van der Waals surface area contributed by atoms with Gasteiger partial charge in [-0.3, -0.25) is 18.8 Å². The molecule has 3 aromatic heterocycles. The van der Waals surface area contributed by atoms with Gasteiger partial charge < -0.3 is 15.2 Å². The van der Waals surface area contributed by atoms with E-state index in [4.69, 9.17) is 22.1 Å². The number of sulfonamides is 1. The van der Waals surface area contributed by atoms with Crippen LogP contribution >= 0.6 is 11.6 Å². The Bertz CT molecular complexity index is 2460. The third-order valence-corrected chi connectivity index (χ3v) is 8.80. The number of carbonyl (C=O) groups is 2. The third-order valence-electron chi connectivity index (χ3n) is 7.39. The molecule has 3 heterocycles. The van der Waals surface area contributed by atoms with Crippen molar-refractivity contribution in [2.24, 2.45) is 12.8 Å². The number of nitrogens with zero attached hydrogens (tertiary/aromatic N) is 6. The fraction of sp³-hybridized carbons (Fsp3) is 0.267. The lowest BCUT2D eigenvalue weighted by molar-refractivity contribution is -0.290. The van der Waals surface area contributed by atoms with Gasteiger partial charge >= 0.3 is 18.2 Å². The summed E-state index contributed by atoms with van der Waals surface area (Å²) in [7, 11) is -3.03. The minimum atomic E-state index is -5.98. The number of anilines is 1. The van der Waals surface area contributed by atoms with Gasteiger partial charge in [0.2, 0.25) is 21.8 Å². The van der Waals surface area contributed by atoms with Gasteiger partial charge in [-0.2, -0.15) is 36.3 Å². The molecule has 0 aliphatic rings. The fourth-order valence-electron chi connectivity index (χ4n) is 5.31. The van der Waals surface area contributed by atoms with Crippen molar-refractivity contribution in [2.75, 3.05) is 17.2 Å². The molecule has 0 spiro atoms. The van der Waals surface area contributed by atoms with Crippen LogP contribution in [0.4, 0.5) is 41.3 Å². The number of ether oxygens (including phenoxy) is 2. The lowest BCUT2D eigenvalue weighted by atomic mass is 10.1. The van der Waals surface area contributed by atoms with Crippen molar-refractivity contribution < 1.29 is 58.2 Å². The second kappa shape index (κ2) is 13.8. The van der Waals surface area contributed by atoms with Crippen LogP contribution in [-0.4, -0.2) is 69.7 Å². The van der Waals surface area contributed by atoms with Crippen molar-refractivity contribution >= 4 is 61.4 Å². The summed E-state index contributed by atoms with van der Waals surface area (Å²) in [6.07, 6.45) is -9.20. The second-order valence-electron chi connectivity index (χ2n) is 11.3. The molecule has 0 bridgehead atoms. The Morgan fingerprint density at radius 2 is 1.68 bits per heavy atom. The van der Waals surface area contributed by atoms with Gasteiger partial charge in [-0.1, -0.05) is 11.6 Å². The van der Waals surface area contributed by atoms with Gasteiger partial charge in [0.1, 0.15) is 11.6 Å². The van der Waals surface area contributed by atoms with E-state index in [0.29, 0.717) is 10.4 Å². The number of fused-ring (bicyclic) bond motifs is 2. The molecule has 0 saturated carbocycles. The van der Waals surface area contributed by atoms with E-state index in [9.17, 15) is 53.5 Å². The first kappa shape index (κ1) is 38.7. The Kier molecular flexibility index (Phi) is 10.1. The monoisotopic (exact) mass is 793 g/mol. The molecule has 0 saturated heterocycles. The summed E-state index contributed by atoms with van der Waals surface area (Å²) in [6, 6.07) is 6.37. The van der Waals surface area contributed by atoms with E-state index in [1.165, 1.54) is 19.2 Å². The molecular formula is C30H23ClF7N7O7S. The highest BCUT2D eigenvalue weighted by Gasteiger charge is 2.58. The number of hydrogen-bond acceptors (Lipinski definition) is 10. The summed E-state index contributed by atoms with van der Waals surface area (Å²) in [5, 5.41) is 3.39. The largest absolute Gasteiger partial charge is 0.471 e. The molecule has 282 valence electrons. The number of aromatic nitrogens is 5. The van der Waals surface area contributed by atoms with E-state index >= 15 is 0 Å². The molecule has 14 nitrogen and oxygen atoms in total. The number of pyridine rings is 1. The molecule has 5 rings (SSSR count). The van der Waals surface area contributed by atoms with Gasteiger partial charge in [-0.15, -0.1) is 0 Å². The number of nitrogens with two attached hydrogens (primary N) is 1. The number of benzene rings is 2. The van der Waals surface area contributed by atoms with E-state index in [0.717, 1.165) is 46.7 Å². The Hall–Kier alpha value is -5.51. The predicted molar refractivity (Wildman–Crippen MR) is 172 cm³/mol. The van der Waals surface area contributed by atoms with Crippen molar-refractivity contribution in [3.05, 3.63) is 80.9 Å². The Morgan fingerprint density at radius 1 is 1.04 bits per heavy atom. The average molecular weight is 794 g/mol. The smallest absolute Gasteiger partial charge is 0.456 e. The van der Waals surface area contributed by atoms with E-state index in [1.54, 1.807) is 0 Å². The second-order valence-corrected chi connectivity index (χ2v) is 13.6. The first-order chi connectivity index (χ1) is 24.5. The number of rotatable bonds is 10. The Morgan fingerprint density at radius 3 is 2.25 bits per heavy atom. The third kappa shape index (κ3) is 7.68. The van der Waals surface area contributed by atoms with Crippen LogP contribution in [0.3, 0.4) is 0 Å². The maximum absolute atomic E-state index is 14.4. The zero-order chi connectivity index (χ0) is 39.4. The van der Waals surface area contributed by atoms with Crippen LogP contribution in [0.5, 0.6) is 5.88 Å². The molecule has 53 heavy (non-hydrogen) atoms. The summed E-state index contributed by atoms with van der Waals surface area (Å²) in [5.41, 5.74) is 3.09. The number of alkyl halides is 5. The zero-order valence-corrected chi connectivity index (χ0v) is 28.7. The van der Waals surface area contributed by atoms with Crippen LogP contribution in [0.25, 0.3) is 27.6 Å². The number of hydrogen-bond donors (Lipinski definition) is 1. The van der Waals surface area contributed by atoms with Crippen molar-refractivity contribution in [1.29, 1.82) is 0 Å². The first-order valence-corrected chi connectivity index (χ1v) is 16.8. The number of halogens is 8. The molecule has 0 fully saturated rings. The molecule has 23 heteroatoms. The zero-order valence-electron chi connectivity index (χ0n) is 27.1. The van der Waals surface area contributed by atoms with Gasteiger partial charge in [0.05, 0.1) is 33.3 Å². The Labute approximate surface area is 297 Å². The summed E-state index contributed by atoms with van der Waals surface area (Å²) >= 11 is 6.49. The highest BCUT2D eigenvalue weighted by Crippen LogP contribution is 2.38. The molecule has 5 aromatic rings. The fourth-order valence-corrected chi connectivity index (χ4v) is 6.46. The van der Waals surface area contributed by atoms with E-state index in [-0.39, 0.29) is 27.2 Å². The molecule has 0 radical (unpaired) electrons. The van der Waals surface area contributed by atoms with Crippen molar-refractivity contribution in [3.8, 4) is 11.6 Å². The van der Waals surface area contributed by atoms with E-state index in [1.807, 2.05) is 0 Å². The summed E-state index contributed by atoms with van der Waals surface area (Å²) in [6.45, 7) is -1.26. The van der Waals surface area contributed by atoms with Crippen LogP contribution in [0, 0.1) is 11.6 Å². The number of primary amides is 1. The molecule has 0 aliphatic carbocycles. The SMILES string of the molecule is CC(=O)N(c1nn(C)c2c(-n3c([C@H](Cc4cc(F)cc(F)c4)OC(N)=O)nc4nc(OCC(F)(F)C(F)(F)F)ccc4c3=O)ccc(Cl)c12)S(C)(=O)=O. The molecular weight excluding hydrogens is 771 g/mol. The van der Waals surface area contributed by atoms with Crippen molar-refractivity contribution in [1.82, 2.24) is 24.3 Å². The van der Waals surface area contributed by atoms with Crippen LogP contribution < -0.4 is 20.3 Å². The maximum atomic E-state index is 14.4. The molecule has 2 aromatic carbocycles. The molecule has 0 unspecified atom stereocenters. The van der Waals surface area contributed by atoms with Gasteiger partial charge in [-0.25, -0.2) is 27.0 Å². The number of aryl methyl sites for hydroxylation is 1. The minimum Gasteiger partial charge on any atom is -0.471 e. The average Bonchev–Trinajstić information content (AvgIpc) is 3.34. The number of carbonyl (C=O) groups excluding carboxylic acids is 2. The minimum absolute atomic E-state index is 0.121. The molecule has 2 amide bonds. The van der Waals surface area contributed by atoms with Crippen LogP contribution in [0.2, 0.25) is 5.02 Å². The highest BCUT2D eigenvalue weighted by molar-refractivity contribution is 7.92. The Balaban J connectivity index is 1.84. The van der Waals surface area contributed by atoms with E-state index < -0.39 is 99.0 Å². The number of amides is 2. The summed E-state index contributed by atoms with van der Waals surface area (Å²) in [4.78, 5) is 47.1. The van der Waals surface area contributed by atoms with Crippen molar-refractivity contribution in [3.63, 3.8) is 0 Å². The normalized spacial score (nSPS) is 13.0. The first-order valence-electron chi connectivity index (χ1n) is 14.6. The lowest BCUT2D eigenvalue weighted by Gasteiger charge is -2.22. The summed E-state index contributed by atoms with van der Waals surface area (Å²) in [5.74, 6) is -10.3. The lowest BCUT2D eigenvalue weighted by Crippen LogP contribution is -2.41. The topological polar surface area (TPSA) is 182 Å². The van der Waals surface area contributed by atoms with Gasteiger partial charge in [-0.05, 0) is 35.9 Å². The predicted octanol–water partition coefficient (Wildman–Crippen LogP) is 4.87. The van der Waals surface area contributed by atoms with Gasteiger partial charge in [0.15, 0.2) is 30.0 Å². The van der Waals surface area contributed by atoms with Crippen LogP contribution in [0.15, 0.2) is 47.3 Å². The molecule has 1 atom stereocenters. The van der Waals surface area contributed by atoms with E-state index in [2.05, 4.69) is 19.8 Å². The maximum Gasteiger partial charge on any atom is 0.456 e. The quantitative estimate of drug-likeness (QED) is 0.192. The standard InChI is InChI=1S/C30H23ClF7N7O7S/c1-13(46)45(53(3,49)50)26-22-18(31)5-6-19(23(22)43(2)42-26)44-25(20(52-28(39)48)10-14-8-15(32)11-16(33)9-14)41-24-17(27(44)47)4-7-21(40-24)51-12-29(34,35)30(36,37)38/h4-9,11,20H,10,12H2,1-3H3,(H2,39,48)/t20-/m0/s1. The van der Waals surface area contributed by atoms with Gasteiger partial charge in [0.25, 0.3) is 5.56 Å².